The fraction of sp³-hybridized carbons (Fsp3) is 0.321. The van der Waals surface area contributed by atoms with Crippen LogP contribution >= 0.6 is 11.3 Å². The molecule has 0 aliphatic carbocycles. The number of furan rings is 1. The number of hydrogen-bond donors (Lipinski definition) is 3. The number of methoxy groups -OCH3 is 1. The maximum absolute atomic E-state index is 16.4. The Balaban J connectivity index is 0.000000380. The molecular weight excluding hydrogens is 555 g/mol. The van der Waals surface area contributed by atoms with Crippen LogP contribution in [0.1, 0.15) is 6.42 Å². The van der Waals surface area contributed by atoms with Gasteiger partial charge in [0.05, 0.1) is 35.9 Å². The third kappa shape index (κ3) is 5.27. The highest BCUT2D eigenvalue weighted by molar-refractivity contribution is 7.22. The van der Waals surface area contributed by atoms with Crippen molar-refractivity contribution in [2.45, 2.75) is 18.6 Å². The van der Waals surface area contributed by atoms with Gasteiger partial charge in [-0.1, -0.05) is 11.3 Å². The van der Waals surface area contributed by atoms with Gasteiger partial charge >= 0.3 is 6.01 Å². The van der Waals surface area contributed by atoms with Gasteiger partial charge in [0, 0.05) is 48.3 Å². The minimum Gasteiger partial charge on any atom is -0.472 e. The van der Waals surface area contributed by atoms with E-state index in [1.54, 1.807) is 12.1 Å². The Morgan fingerprint density at radius 1 is 1.15 bits per heavy atom. The van der Waals surface area contributed by atoms with Gasteiger partial charge in [-0.2, -0.15) is 9.97 Å². The van der Waals surface area contributed by atoms with E-state index in [2.05, 4.69) is 25.6 Å². The van der Waals surface area contributed by atoms with Gasteiger partial charge in [-0.05, 0) is 43.3 Å². The fourth-order valence-electron chi connectivity index (χ4n) is 4.98. The fourth-order valence-corrected chi connectivity index (χ4v) is 5.74. The Morgan fingerprint density at radius 3 is 2.59 bits per heavy atom. The summed E-state index contributed by atoms with van der Waals surface area (Å²) >= 11 is 1.01. The molecule has 0 spiro atoms. The zero-order valence-electron chi connectivity index (χ0n) is 22.4. The number of thiazole rings is 1. The zero-order valence-corrected chi connectivity index (χ0v) is 23.2. The van der Waals surface area contributed by atoms with Crippen molar-refractivity contribution in [3.63, 3.8) is 0 Å². The van der Waals surface area contributed by atoms with E-state index < -0.39 is 17.8 Å². The molecule has 0 radical (unpaired) electrons. The first-order valence-corrected chi connectivity index (χ1v) is 13.9. The largest absolute Gasteiger partial charge is 0.472 e. The Kier molecular flexibility index (Phi) is 7.41. The van der Waals surface area contributed by atoms with Crippen LogP contribution in [-0.4, -0.2) is 72.4 Å². The number of nitrogens with one attached hydrogen (secondary N) is 2. The molecule has 1 unspecified atom stereocenters. The van der Waals surface area contributed by atoms with Crippen molar-refractivity contribution in [1.82, 2.24) is 25.2 Å². The highest BCUT2D eigenvalue weighted by Crippen LogP contribution is 2.44. The van der Waals surface area contributed by atoms with E-state index in [0.717, 1.165) is 37.4 Å². The van der Waals surface area contributed by atoms with Crippen molar-refractivity contribution < 1.29 is 22.3 Å². The van der Waals surface area contributed by atoms with Crippen LogP contribution < -0.4 is 21.1 Å². The average Bonchev–Trinajstić information content (AvgIpc) is 3.69. The normalized spacial score (nSPS) is 17.4. The summed E-state index contributed by atoms with van der Waals surface area (Å²) in [4.78, 5) is 15.0. The smallest absolute Gasteiger partial charge is 0.318 e. The van der Waals surface area contributed by atoms with Gasteiger partial charge in [0.15, 0.2) is 10.9 Å². The van der Waals surface area contributed by atoms with Crippen LogP contribution in [0, 0.1) is 11.6 Å². The number of fused-ring (bicyclic) bond motifs is 2. The number of hydrogen-bond acceptors (Lipinski definition) is 10. The Labute approximate surface area is 237 Å². The highest BCUT2D eigenvalue weighted by Gasteiger charge is 2.26. The third-order valence-corrected chi connectivity index (χ3v) is 8.06. The molecule has 2 saturated heterocycles. The summed E-state index contributed by atoms with van der Waals surface area (Å²) in [5, 5.41) is 7.20. The molecule has 13 heteroatoms. The molecule has 1 atom stereocenters. The molecule has 2 aliphatic rings. The molecule has 2 aromatic carbocycles. The first kappa shape index (κ1) is 27.2. The van der Waals surface area contributed by atoms with Crippen LogP contribution in [0.15, 0.2) is 41.2 Å². The summed E-state index contributed by atoms with van der Waals surface area (Å²) in [6.07, 6.45) is 3.21. The van der Waals surface area contributed by atoms with E-state index in [4.69, 9.17) is 14.9 Å². The lowest BCUT2D eigenvalue weighted by Gasteiger charge is -2.29. The van der Waals surface area contributed by atoms with E-state index in [1.807, 2.05) is 11.9 Å². The van der Waals surface area contributed by atoms with Crippen molar-refractivity contribution in [1.29, 1.82) is 0 Å². The average molecular weight is 584 g/mol. The number of halogens is 3. The first-order valence-electron chi connectivity index (χ1n) is 13.1. The van der Waals surface area contributed by atoms with Gasteiger partial charge in [0.1, 0.15) is 23.3 Å². The van der Waals surface area contributed by atoms with E-state index >= 15 is 4.39 Å². The lowest BCUT2D eigenvalue weighted by Crippen LogP contribution is -2.51. The quantitative estimate of drug-likeness (QED) is 0.261. The molecule has 41 heavy (non-hydrogen) atoms. The van der Waals surface area contributed by atoms with Crippen molar-refractivity contribution in [3.8, 4) is 28.3 Å². The molecule has 214 valence electrons. The molecule has 5 aromatic rings. The SMILES string of the molecule is CN1CCC(F)C1.COc1nc(NC2CNC2)c2cc(-c3ccoc3)c(-c3ccc(F)c4sc(N)nc34)c(F)c2n1. The van der Waals surface area contributed by atoms with Gasteiger partial charge in [-0.15, -0.1) is 0 Å². The summed E-state index contributed by atoms with van der Waals surface area (Å²) in [5.41, 5.74) is 8.01. The summed E-state index contributed by atoms with van der Waals surface area (Å²) in [6.45, 7) is 3.10. The molecule has 7 rings (SSSR count). The summed E-state index contributed by atoms with van der Waals surface area (Å²) in [5.74, 6) is -0.613. The number of ether oxygens (including phenoxy) is 1. The third-order valence-electron chi connectivity index (χ3n) is 7.16. The summed E-state index contributed by atoms with van der Waals surface area (Å²) < 4.78 is 53.8. The van der Waals surface area contributed by atoms with Crippen LogP contribution in [-0.2, 0) is 0 Å². The number of likely N-dealkylation sites (tertiary alicyclic amines) is 1. The second-order valence-corrected chi connectivity index (χ2v) is 11.1. The maximum atomic E-state index is 16.4. The zero-order chi connectivity index (χ0) is 28.7. The van der Waals surface area contributed by atoms with E-state index in [0.29, 0.717) is 34.4 Å². The van der Waals surface area contributed by atoms with Crippen LogP contribution in [0.2, 0.25) is 0 Å². The molecule has 4 N–H and O–H groups in total. The number of anilines is 2. The van der Waals surface area contributed by atoms with Crippen molar-refractivity contribution >= 4 is 43.4 Å². The van der Waals surface area contributed by atoms with Crippen molar-refractivity contribution in [2.75, 3.05) is 51.4 Å². The molecule has 5 heterocycles. The maximum Gasteiger partial charge on any atom is 0.318 e. The first-order chi connectivity index (χ1) is 19.8. The van der Waals surface area contributed by atoms with Gasteiger partial charge < -0.3 is 30.4 Å². The van der Waals surface area contributed by atoms with Gasteiger partial charge in [0.25, 0.3) is 0 Å². The minimum absolute atomic E-state index is 0.0327. The minimum atomic E-state index is -0.608. The highest BCUT2D eigenvalue weighted by atomic mass is 32.1. The molecule has 0 saturated carbocycles. The number of nitrogens with zero attached hydrogens (tertiary/aromatic N) is 4. The molecule has 2 fully saturated rings. The van der Waals surface area contributed by atoms with Crippen LogP contribution in [0.5, 0.6) is 6.01 Å². The number of nitrogen functional groups attached to an aromatic ring is 1. The van der Waals surface area contributed by atoms with Crippen molar-refractivity contribution in [3.05, 3.63) is 48.4 Å². The lowest BCUT2D eigenvalue weighted by molar-refractivity contribution is 0.321. The predicted octanol–water partition coefficient (Wildman–Crippen LogP) is 5.08. The number of nitrogens with two attached hydrogens (primary N) is 1. The number of rotatable bonds is 5. The van der Waals surface area contributed by atoms with Crippen molar-refractivity contribution in [2.24, 2.45) is 0 Å². The molecule has 0 bridgehead atoms. The summed E-state index contributed by atoms with van der Waals surface area (Å²) in [6, 6.07) is 6.51. The Hall–Kier alpha value is -3.94. The van der Waals surface area contributed by atoms with E-state index in [-0.39, 0.29) is 38.5 Å². The molecule has 3 aromatic heterocycles. The van der Waals surface area contributed by atoms with Crippen LogP contribution in [0.3, 0.4) is 0 Å². The second-order valence-electron chi connectivity index (χ2n) is 10.1. The Bertz CT molecular complexity index is 1700. The monoisotopic (exact) mass is 583 g/mol. The van der Waals surface area contributed by atoms with Gasteiger partial charge in [0.2, 0.25) is 0 Å². The lowest BCUT2D eigenvalue weighted by atomic mass is 9.92. The number of aromatic nitrogens is 3. The van der Waals surface area contributed by atoms with Crippen LogP contribution in [0.4, 0.5) is 24.1 Å². The summed E-state index contributed by atoms with van der Waals surface area (Å²) in [7, 11) is 3.37. The Morgan fingerprint density at radius 2 is 1.98 bits per heavy atom. The molecular formula is C28H28F3N7O2S. The second kappa shape index (κ2) is 11.1. The van der Waals surface area contributed by atoms with Crippen LogP contribution in [0.25, 0.3) is 43.4 Å². The predicted molar refractivity (Wildman–Crippen MR) is 154 cm³/mol. The molecule has 0 amide bonds. The standard InChI is InChI=1S/C23H18F2N6O2S.C5H10FN/c1-32-23-30-18-14(21(31-23)28-11-7-27-8-11)6-13(10-4-5-33-9-10)16(17(18)25)12-2-3-15(24)20-19(12)29-22(26)34-20;1-7-3-2-5(6)4-7/h2-6,9,11,27H,7-8H2,1H3,(H2,26,29)(H,28,30,31);5H,2-4H2,1H3. The van der Waals surface area contributed by atoms with Gasteiger partial charge in [-0.3, -0.25) is 0 Å². The van der Waals surface area contributed by atoms with E-state index in [1.165, 1.54) is 31.8 Å². The topological polar surface area (TPSA) is 114 Å². The number of benzene rings is 2. The van der Waals surface area contributed by atoms with Gasteiger partial charge in [-0.25, -0.2) is 18.2 Å². The van der Waals surface area contributed by atoms with E-state index in [9.17, 15) is 8.78 Å². The molecule has 9 nitrogen and oxygen atoms in total. The molecule has 2 aliphatic heterocycles. The number of alkyl halides is 1.